The Bertz CT molecular complexity index is 756. The fraction of sp³-hybridized carbons (Fsp3) is 0.682. The average Bonchev–Trinajstić information content (AvgIpc) is 3.21. The van der Waals surface area contributed by atoms with Crippen LogP contribution in [0.1, 0.15) is 50.2 Å². The first-order valence-corrected chi connectivity index (χ1v) is 12.0. The van der Waals surface area contributed by atoms with Gasteiger partial charge in [-0.1, -0.05) is 32.4 Å². The van der Waals surface area contributed by atoms with Crippen molar-refractivity contribution in [3.8, 4) is 0 Å². The van der Waals surface area contributed by atoms with Crippen LogP contribution in [0.3, 0.4) is 0 Å². The number of hydrogen-bond acceptors (Lipinski definition) is 8. The number of likely N-dealkylation sites (tertiary alicyclic amines) is 1. The summed E-state index contributed by atoms with van der Waals surface area (Å²) in [6.07, 6.45) is 4.31. The van der Waals surface area contributed by atoms with Gasteiger partial charge in [0, 0.05) is 48.2 Å². The van der Waals surface area contributed by atoms with E-state index in [0.717, 1.165) is 41.9 Å². The van der Waals surface area contributed by atoms with E-state index >= 15 is 0 Å². The molecule has 1 saturated heterocycles. The molecule has 1 spiro atoms. The van der Waals surface area contributed by atoms with E-state index in [2.05, 4.69) is 9.89 Å². The van der Waals surface area contributed by atoms with E-state index in [1.807, 2.05) is 19.9 Å². The zero-order valence-corrected chi connectivity index (χ0v) is 20.3. The molecule has 0 radical (unpaired) electrons. The Balaban J connectivity index is 0.00000166. The van der Waals surface area contributed by atoms with Gasteiger partial charge in [-0.2, -0.15) is 0 Å². The van der Waals surface area contributed by atoms with Gasteiger partial charge in [-0.25, -0.2) is 0 Å². The fourth-order valence-electron chi connectivity index (χ4n) is 3.74. The topological polar surface area (TPSA) is 112 Å². The molecule has 1 fully saturated rings. The number of ether oxygens (including phenoxy) is 1. The molecule has 2 aliphatic rings. The van der Waals surface area contributed by atoms with Crippen LogP contribution in [0.5, 0.6) is 0 Å². The van der Waals surface area contributed by atoms with Crippen LogP contribution in [0.15, 0.2) is 22.8 Å². The van der Waals surface area contributed by atoms with Gasteiger partial charge in [0.1, 0.15) is 11.7 Å². The van der Waals surface area contributed by atoms with Crippen molar-refractivity contribution in [1.82, 2.24) is 4.90 Å². The molecule has 0 bridgehead atoms. The summed E-state index contributed by atoms with van der Waals surface area (Å²) in [6, 6.07) is 1.86. The Kier molecular flexibility index (Phi) is 9.95. The summed E-state index contributed by atoms with van der Waals surface area (Å²) in [5, 5.41) is 28.9. The van der Waals surface area contributed by atoms with E-state index in [9.17, 15) is 15.3 Å². The molecular formula is C22H36ClN3O4S. The number of nitrogens with two attached hydrogens (primary N) is 1. The van der Waals surface area contributed by atoms with E-state index in [0.29, 0.717) is 24.0 Å². The third-order valence-electron chi connectivity index (χ3n) is 5.80. The second-order valence-corrected chi connectivity index (χ2v) is 9.95. The summed E-state index contributed by atoms with van der Waals surface area (Å²) in [6.45, 7) is 8.51. The van der Waals surface area contributed by atoms with Crippen LogP contribution in [-0.2, 0) is 10.3 Å². The van der Waals surface area contributed by atoms with Crippen LogP contribution in [-0.4, -0.2) is 72.4 Å². The predicted molar refractivity (Wildman–Crippen MR) is 127 cm³/mol. The number of hydrogen-bond donors (Lipinski definition) is 4. The normalized spacial score (nSPS) is 21.8. The number of piperidine rings is 1. The lowest BCUT2D eigenvalue weighted by Gasteiger charge is -2.44. The van der Waals surface area contributed by atoms with E-state index in [1.54, 1.807) is 19.3 Å². The van der Waals surface area contributed by atoms with Crippen molar-refractivity contribution in [3.63, 3.8) is 0 Å². The molecule has 2 aliphatic heterocycles. The van der Waals surface area contributed by atoms with E-state index < -0.39 is 11.5 Å². The van der Waals surface area contributed by atoms with Gasteiger partial charge in [0.25, 0.3) is 0 Å². The van der Waals surface area contributed by atoms with Gasteiger partial charge >= 0.3 is 0 Å². The lowest BCUT2D eigenvalue weighted by atomic mass is 9.84. The molecule has 1 unspecified atom stereocenters. The molecule has 3 heterocycles. The minimum absolute atomic E-state index is 0.125. The van der Waals surface area contributed by atoms with Crippen LogP contribution in [0.2, 0.25) is 4.34 Å². The van der Waals surface area contributed by atoms with Crippen molar-refractivity contribution >= 4 is 29.2 Å². The summed E-state index contributed by atoms with van der Waals surface area (Å²) in [4.78, 5) is 7.72. The highest BCUT2D eigenvalue weighted by Crippen LogP contribution is 2.49. The Labute approximate surface area is 194 Å². The van der Waals surface area contributed by atoms with Gasteiger partial charge in [0.05, 0.1) is 24.2 Å². The van der Waals surface area contributed by atoms with Gasteiger partial charge in [0.2, 0.25) is 0 Å². The van der Waals surface area contributed by atoms with E-state index in [-0.39, 0.29) is 18.8 Å². The Morgan fingerprint density at radius 3 is 2.61 bits per heavy atom. The van der Waals surface area contributed by atoms with Crippen LogP contribution >= 0.6 is 22.9 Å². The van der Waals surface area contributed by atoms with Crippen molar-refractivity contribution in [1.29, 1.82) is 0 Å². The van der Waals surface area contributed by atoms with Crippen LogP contribution in [0.4, 0.5) is 0 Å². The van der Waals surface area contributed by atoms with Gasteiger partial charge in [0.15, 0.2) is 0 Å². The van der Waals surface area contributed by atoms with Crippen molar-refractivity contribution in [2.75, 3.05) is 46.0 Å². The Morgan fingerprint density at radius 1 is 1.39 bits per heavy atom. The number of aliphatic hydroxyl groups excluding tert-OH is 3. The maximum atomic E-state index is 10.2. The average molecular weight is 474 g/mol. The number of aliphatic hydroxyl groups is 3. The molecule has 1 atom stereocenters. The molecule has 9 heteroatoms. The highest BCUT2D eigenvalue weighted by Gasteiger charge is 2.44. The molecule has 0 saturated carbocycles. The van der Waals surface area contributed by atoms with Gasteiger partial charge in [-0.15, -0.1) is 11.3 Å². The summed E-state index contributed by atoms with van der Waals surface area (Å²) >= 11 is 7.72. The molecule has 1 aromatic rings. The highest BCUT2D eigenvalue weighted by atomic mass is 35.5. The number of thiophene rings is 1. The maximum Gasteiger partial charge on any atom is 0.105 e. The van der Waals surface area contributed by atoms with Crippen molar-refractivity contribution < 1.29 is 20.1 Å². The third-order valence-corrected chi connectivity index (χ3v) is 7.26. The van der Waals surface area contributed by atoms with Gasteiger partial charge < -0.3 is 25.8 Å². The lowest BCUT2D eigenvalue weighted by molar-refractivity contribution is -0.127. The second kappa shape index (κ2) is 11.7. The van der Waals surface area contributed by atoms with Crippen LogP contribution in [0, 0.1) is 5.41 Å². The minimum atomic E-state index is -0.629. The fourth-order valence-corrected chi connectivity index (χ4v) is 5.23. The Morgan fingerprint density at radius 2 is 2.03 bits per heavy atom. The third kappa shape index (κ3) is 6.28. The number of aliphatic imine (C=N–C) groups is 1. The molecule has 0 amide bonds. The zero-order chi connectivity index (χ0) is 23.1. The number of fused-ring (bicyclic) bond motifs is 2. The van der Waals surface area contributed by atoms with Gasteiger partial charge in [-0.05, 0) is 30.7 Å². The summed E-state index contributed by atoms with van der Waals surface area (Å²) in [7, 11) is 0. The molecular weight excluding hydrogens is 438 g/mol. The summed E-state index contributed by atoms with van der Waals surface area (Å²) < 4.78 is 6.81. The highest BCUT2D eigenvalue weighted by molar-refractivity contribution is 7.16. The SMILES string of the molecule is CC.CC(CO)(CO)CN=C/C(=C\N)CN1CCC2(CC1)OCC(O)c1cc(Cl)sc12. The second-order valence-electron chi connectivity index (χ2n) is 8.27. The predicted octanol–water partition coefficient (Wildman–Crippen LogP) is 2.69. The number of nitrogens with zero attached hydrogens (tertiary/aromatic N) is 2. The molecule has 0 aliphatic carbocycles. The van der Waals surface area contributed by atoms with E-state index in [4.69, 9.17) is 22.1 Å². The standard InChI is InChI=1S/C20H30ClN3O4S.C2H6/c1-19(12-25,13-26)11-23-8-14(7-22)9-24-4-2-20(3-5-24)18-15(6-17(21)29-18)16(27)10-28-20;1-2/h6-8,16,25-27H,2-5,9-13,22H2,1H3;1-2H3/b14-7+,23-8?;. The quantitative estimate of drug-likeness (QED) is 0.453. The van der Waals surface area contributed by atoms with E-state index in [1.165, 1.54) is 11.3 Å². The summed E-state index contributed by atoms with van der Waals surface area (Å²) in [5.74, 6) is 0. The molecule has 31 heavy (non-hydrogen) atoms. The molecule has 5 N–H and O–H groups in total. The van der Waals surface area contributed by atoms with Crippen LogP contribution < -0.4 is 5.73 Å². The number of halogens is 1. The molecule has 0 aromatic carbocycles. The summed E-state index contributed by atoms with van der Waals surface area (Å²) in [5.41, 5.74) is 6.58. The zero-order valence-electron chi connectivity index (χ0n) is 18.7. The van der Waals surface area contributed by atoms with Crippen molar-refractivity contribution in [3.05, 3.63) is 32.6 Å². The first kappa shape index (κ1) is 26.3. The maximum absolute atomic E-state index is 10.2. The number of rotatable bonds is 7. The first-order valence-electron chi connectivity index (χ1n) is 10.8. The minimum Gasteiger partial charge on any atom is -0.404 e. The first-order chi connectivity index (χ1) is 14.8. The monoisotopic (exact) mass is 473 g/mol. The van der Waals surface area contributed by atoms with Crippen LogP contribution in [0.25, 0.3) is 0 Å². The molecule has 1 aromatic heterocycles. The van der Waals surface area contributed by atoms with Crippen molar-refractivity contribution in [2.45, 2.75) is 45.3 Å². The molecule has 7 nitrogen and oxygen atoms in total. The largest absolute Gasteiger partial charge is 0.404 e. The Hall–Kier alpha value is -1.000. The van der Waals surface area contributed by atoms with Crippen molar-refractivity contribution in [2.24, 2.45) is 16.1 Å². The lowest BCUT2D eigenvalue weighted by Crippen LogP contribution is -2.47. The molecule has 176 valence electrons. The smallest absolute Gasteiger partial charge is 0.105 e. The van der Waals surface area contributed by atoms with Gasteiger partial charge in [-0.3, -0.25) is 9.89 Å². The molecule has 3 rings (SSSR count).